The van der Waals surface area contributed by atoms with Crippen LogP contribution in [0.5, 0.6) is 0 Å². The third-order valence-corrected chi connectivity index (χ3v) is 2.50. The molecule has 0 amide bonds. The van der Waals surface area contributed by atoms with Crippen molar-refractivity contribution in [1.82, 2.24) is 9.78 Å². The number of aromatic nitrogens is 2. The minimum atomic E-state index is -0.138. The van der Waals surface area contributed by atoms with E-state index < -0.39 is 0 Å². The van der Waals surface area contributed by atoms with Crippen molar-refractivity contribution in [3.8, 4) is 11.3 Å². The zero-order valence-corrected chi connectivity index (χ0v) is 9.23. The van der Waals surface area contributed by atoms with Crippen LogP contribution in [-0.2, 0) is 6.54 Å². The van der Waals surface area contributed by atoms with Gasteiger partial charge < -0.3 is 5.73 Å². The lowest BCUT2D eigenvalue weighted by atomic mass is 10.1. The summed E-state index contributed by atoms with van der Waals surface area (Å²) in [6.45, 7) is 2.68. The summed E-state index contributed by atoms with van der Waals surface area (Å²) >= 11 is 0. The highest BCUT2D eigenvalue weighted by Crippen LogP contribution is 2.20. The normalized spacial score (nSPS) is 10.6. The second-order valence-electron chi connectivity index (χ2n) is 3.72. The third kappa shape index (κ3) is 1.74. The standard InChI is InChI=1S/C12H15N3O/c1-2-8-15-12(16)10(13)11(14-15)9-6-4-3-5-7-9/h3-7,14H,2,8,13H2,1H3. The lowest BCUT2D eigenvalue weighted by Crippen LogP contribution is -2.18. The Labute approximate surface area is 93.7 Å². The minimum absolute atomic E-state index is 0.138. The average Bonchev–Trinajstić information content (AvgIpc) is 2.59. The smallest absolute Gasteiger partial charge is 0.290 e. The Kier molecular flexibility index (Phi) is 2.81. The van der Waals surface area contributed by atoms with E-state index in [0.29, 0.717) is 17.9 Å². The van der Waals surface area contributed by atoms with Gasteiger partial charge in [-0.15, -0.1) is 0 Å². The molecule has 0 radical (unpaired) electrons. The van der Waals surface area contributed by atoms with Crippen LogP contribution < -0.4 is 11.3 Å². The first-order valence-electron chi connectivity index (χ1n) is 5.37. The fraction of sp³-hybridized carbons (Fsp3) is 0.250. The maximum atomic E-state index is 11.8. The summed E-state index contributed by atoms with van der Waals surface area (Å²) in [4.78, 5) is 11.8. The molecule has 4 heteroatoms. The number of nitrogens with zero attached hydrogens (tertiary/aromatic N) is 1. The number of rotatable bonds is 3. The number of nitrogens with two attached hydrogens (primary N) is 1. The maximum absolute atomic E-state index is 11.8. The predicted molar refractivity (Wildman–Crippen MR) is 65.2 cm³/mol. The van der Waals surface area contributed by atoms with Gasteiger partial charge in [-0.1, -0.05) is 37.3 Å². The SMILES string of the molecule is CCCn1[nH]c(-c2ccccc2)c(N)c1=O. The van der Waals surface area contributed by atoms with Crippen molar-refractivity contribution in [3.63, 3.8) is 0 Å². The third-order valence-electron chi connectivity index (χ3n) is 2.50. The molecule has 0 aliphatic heterocycles. The van der Waals surface area contributed by atoms with Gasteiger partial charge in [0.25, 0.3) is 5.56 Å². The van der Waals surface area contributed by atoms with Crippen molar-refractivity contribution in [2.75, 3.05) is 5.73 Å². The van der Waals surface area contributed by atoms with E-state index >= 15 is 0 Å². The van der Waals surface area contributed by atoms with E-state index in [-0.39, 0.29) is 5.56 Å². The zero-order chi connectivity index (χ0) is 11.5. The lowest BCUT2D eigenvalue weighted by molar-refractivity contribution is 0.587. The highest BCUT2D eigenvalue weighted by molar-refractivity contribution is 5.71. The zero-order valence-electron chi connectivity index (χ0n) is 9.23. The molecule has 0 aliphatic rings. The molecule has 1 aromatic carbocycles. The van der Waals surface area contributed by atoms with Crippen molar-refractivity contribution in [2.45, 2.75) is 19.9 Å². The molecule has 0 aliphatic carbocycles. The molecule has 1 aromatic heterocycles. The van der Waals surface area contributed by atoms with E-state index in [4.69, 9.17) is 5.73 Å². The number of hydrogen-bond donors (Lipinski definition) is 2. The molecule has 0 bridgehead atoms. The summed E-state index contributed by atoms with van der Waals surface area (Å²) in [6.07, 6.45) is 0.897. The van der Waals surface area contributed by atoms with Gasteiger partial charge in [0.1, 0.15) is 5.69 Å². The quantitative estimate of drug-likeness (QED) is 0.823. The summed E-state index contributed by atoms with van der Waals surface area (Å²) in [5.41, 5.74) is 7.60. The van der Waals surface area contributed by atoms with Crippen molar-refractivity contribution < 1.29 is 0 Å². The van der Waals surface area contributed by atoms with E-state index in [1.807, 2.05) is 37.3 Å². The molecule has 0 saturated carbocycles. The number of anilines is 1. The van der Waals surface area contributed by atoms with Crippen molar-refractivity contribution in [3.05, 3.63) is 40.7 Å². The fourth-order valence-electron chi connectivity index (χ4n) is 1.70. The molecular formula is C12H15N3O. The summed E-state index contributed by atoms with van der Waals surface area (Å²) in [5.74, 6) is 0. The number of benzene rings is 1. The van der Waals surface area contributed by atoms with Gasteiger partial charge in [-0.05, 0) is 6.42 Å². The molecule has 0 fully saturated rings. The first-order valence-corrected chi connectivity index (χ1v) is 5.37. The first kappa shape index (κ1) is 10.5. The molecular weight excluding hydrogens is 202 g/mol. The Morgan fingerprint density at radius 2 is 2.00 bits per heavy atom. The van der Waals surface area contributed by atoms with Gasteiger partial charge in [0.15, 0.2) is 0 Å². The van der Waals surface area contributed by atoms with Gasteiger partial charge in [0.2, 0.25) is 0 Å². The number of H-pyrrole nitrogens is 1. The molecule has 4 nitrogen and oxygen atoms in total. The van der Waals surface area contributed by atoms with Crippen LogP contribution in [0.15, 0.2) is 35.1 Å². The molecule has 0 spiro atoms. The molecule has 0 saturated heterocycles. The van der Waals surface area contributed by atoms with Crippen LogP contribution in [0.3, 0.4) is 0 Å². The minimum Gasteiger partial charge on any atom is -0.392 e. The summed E-state index contributed by atoms with van der Waals surface area (Å²) < 4.78 is 1.55. The van der Waals surface area contributed by atoms with E-state index in [2.05, 4.69) is 5.10 Å². The second kappa shape index (κ2) is 4.26. The molecule has 0 atom stereocenters. The Hall–Kier alpha value is -1.97. The molecule has 0 unspecified atom stereocenters. The predicted octanol–water partition coefficient (Wildman–Crippen LogP) is 1.84. The topological polar surface area (TPSA) is 63.8 Å². The van der Waals surface area contributed by atoms with Gasteiger partial charge in [-0.2, -0.15) is 0 Å². The highest BCUT2D eigenvalue weighted by Gasteiger charge is 2.11. The number of aromatic amines is 1. The van der Waals surface area contributed by atoms with Crippen molar-refractivity contribution in [1.29, 1.82) is 0 Å². The molecule has 2 aromatic rings. The van der Waals surface area contributed by atoms with Crippen LogP contribution in [0.4, 0.5) is 5.69 Å². The van der Waals surface area contributed by atoms with E-state index in [1.165, 1.54) is 0 Å². The van der Waals surface area contributed by atoms with E-state index in [9.17, 15) is 4.79 Å². The number of nitrogens with one attached hydrogen (secondary N) is 1. The number of aryl methyl sites for hydroxylation is 1. The van der Waals surface area contributed by atoms with Gasteiger partial charge in [-0.3, -0.25) is 14.6 Å². The monoisotopic (exact) mass is 217 g/mol. The van der Waals surface area contributed by atoms with Gasteiger partial charge in [-0.25, -0.2) is 0 Å². The molecule has 2 rings (SSSR count). The molecule has 3 N–H and O–H groups in total. The van der Waals surface area contributed by atoms with Crippen molar-refractivity contribution >= 4 is 5.69 Å². The second-order valence-corrected chi connectivity index (χ2v) is 3.72. The maximum Gasteiger partial charge on any atom is 0.290 e. The van der Waals surface area contributed by atoms with Gasteiger partial charge >= 0.3 is 0 Å². The van der Waals surface area contributed by atoms with Crippen LogP contribution in [-0.4, -0.2) is 9.78 Å². The summed E-state index contributed by atoms with van der Waals surface area (Å²) in [6, 6.07) is 9.63. The summed E-state index contributed by atoms with van der Waals surface area (Å²) in [7, 11) is 0. The lowest BCUT2D eigenvalue weighted by Gasteiger charge is -1.99. The van der Waals surface area contributed by atoms with E-state index in [0.717, 1.165) is 12.0 Å². The number of nitrogen functional groups attached to an aromatic ring is 1. The Balaban J connectivity index is 2.51. The van der Waals surface area contributed by atoms with Crippen LogP contribution in [0.2, 0.25) is 0 Å². The largest absolute Gasteiger partial charge is 0.392 e. The van der Waals surface area contributed by atoms with Crippen molar-refractivity contribution in [2.24, 2.45) is 0 Å². The number of hydrogen-bond acceptors (Lipinski definition) is 2. The summed E-state index contributed by atoms with van der Waals surface area (Å²) in [5, 5.41) is 3.05. The Morgan fingerprint density at radius 1 is 1.31 bits per heavy atom. The van der Waals surface area contributed by atoms with Crippen LogP contribution in [0.1, 0.15) is 13.3 Å². The first-order chi connectivity index (χ1) is 7.74. The average molecular weight is 217 g/mol. The van der Waals surface area contributed by atoms with Crippen LogP contribution >= 0.6 is 0 Å². The molecule has 84 valence electrons. The Bertz CT molecular complexity index is 525. The molecule has 1 heterocycles. The highest BCUT2D eigenvalue weighted by atomic mass is 16.1. The Morgan fingerprint density at radius 3 is 2.62 bits per heavy atom. The van der Waals surface area contributed by atoms with Gasteiger partial charge in [0.05, 0.1) is 5.69 Å². The van der Waals surface area contributed by atoms with Gasteiger partial charge in [0, 0.05) is 12.1 Å². The van der Waals surface area contributed by atoms with Crippen LogP contribution in [0, 0.1) is 0 Å². The fourth-order valence-corrected chi connectivity index (χ4v) is 1.70. The van der Waals surface area contributed by atoms with Crippen LogP contribution in [0.25, 0.3) is 11.3 Å². The molecule has 16 heavy (non-hydrogen) atoms. The van der Waals surface area contributed by atoms with E-state index in [1.54, 1.807) is 4.68 Å².